The predicted octanol–water partition coefficient (Wildman–Crippen LogP) is 6.18. The van der Waals surface area contributed by atoms with Gasteiger partial charge in [-0.2, -0.15) is 0 Å². The van der Waals surface area contributed by atoms with E-state index in [2.05, 4.69) is 17.6 Å². The van der Waals surface area contributed by atoms with E-state index in [4.69, 9.17) is 21.1 Å². The second kappa shape index (κ2) is 11.9. The van der Waals surface area contributed by atoms with Crippen molar-refractivity contribution in [1.82, 2.24) is 0 Å². The Morgan fingerprint density at radius 2 is 1.55 bits per heavy atom. The average molecular weight is 467 g/mol. The van der Waals surface area contributed by atoms with Crippen LogP contribution in [0.3, 0.4) is 0 Å². The van der Waals surface area contributed by atoms with Crippen molar-refractivity contribution in [1.29, 1.82) is 0 Å². The van der Waals surface area contributed by atoms with Gasteiger partial charge >= 0.3 is 0 Å². The molecule has 0 aliphatic rings. The molecule has 0 aliphatic carbocycles. The highest BCUT2D eigenvalue weighted by molar-refractivity contribution is 6.32. The molecule has 33 heavy (non-hydrogen) atoms. The van der Waals surface area contributed by atoms with Crippen LogP contribution in [0.1, 0.15) is 37.0 Å². The number of unbranched alkanes of at least 4 members (excludes halogenated alkanes) is 1. The zero-order chi connectivity index (χ0) is 23.6. The van der Waals surface area contributed by atoms with E-state index in [0.29, 0.717) is 34.3 Å². The maximum Gasteiger partial charge on any atom is 0.265 e. The van der Waals surface area contributed by atoms with Crippen molar-refractivity contribution in [2.24, 2.45) is 0 Å². The SMILES string of the molecule is CCCCOc1ccc(C(=O)Nc2ccc(NC(=O)C(C)Oc3ccccc3Cl)cc2)cc1. The van der Waals surface area contributed by atoms with Gasteiger partial charge in [0.15, 0.2) is 6.10 Å². The summed E-state index contributed by atoms with van der Waals surface area (Å²) in [6.07, 6.45) is 1.32. The van der Waals surface area contributed by atoms with E-state index in [1.807, 2.05) is 0 Å². The van der Waals surface area contributed by atoms with Gasteiger partial charge in [-0.3, -0.25) is 9.59 Å². The van der Waals surface area contributed by atoms with Crippen LogP contribution in [0.5, 0.6) is 11.5 Å². The topological polar surface area (TPSA) is 76.7 Å². The molecule has 1 atom stereocenters. The van der Waals surface area contributed by atoms with Crippen LogP contribution < -0.4 is 20.1 Å². The number of carbonyl (C=O) groups is 2. The third kappa shape index (κ3) is 7.26. The summed E-state index contributed by atoms with van der Waals surface area (Å²) in [6, 6.07) is 20.9. The summed E-state index contributed by atoms with van der Waals surface area (Å²) in [5.41, 5.74) is 1.73. The molecule has 3 rings (SSSR count). The predicted molar refractivity (Wildman–Crippen MR) is 131 cm³/mol. The second-order valence-corrected chi connectivity index (χ2v) is 7.84. The minimum Gasteiger partial charge on any atom is -0.494 e. The van der Waals surface area contributed by atoms with Crippen molar-refractivity contribution >= 4 is 34.8 Å². The van der Waals surface area contributed by atoms with Crippen LogP contribution in [0.4, 0.5) is 11.4 Å². The number of anilines is 2. The van der Waals surface area contributed by atoms with E-state index < -0.39 is 6.10 Å². The smallest absolute Gasteiger partial charge is 0.265 e. The van der Waals surface area contributed by atoms with Crippen molar-refractivity contribution < 1.29 is 19.1 Å². The van der Waals surface area contributed by atoms with Crippen LogP contribution in [-0.2, 0) is 4.79 Å². The monoisotopic (exact) mass is 466 g/mol. The molecule has 2 amide bonds. The zero-order valence-corrected chi connectivity index (χ0v) is 19.4. The van der Waals surface area contributed by atoms with Crippen LogP contribution in [0.25, 0.3) is 0 Å². The Hall–Kier alpha value is -3.51. The lowest BCUT2D eigenvalue weighted by atomic mass is 10.2. The molecule has 0 aliphatic heterocycles. The number of rotatable bonds is 10. The van der Waals surface area contributed by atoms with E-state index in [9.17, 15) is 9.59 Å². The minimum absolute atomic E-state index is 0.228. The fraction of sp³-hybridized carbons (Fsp3) is 0.231. The quantitative estimate of drug-likeness (QED) is 0.350. The van der Waals surface area contributed by atoms with Crippen molar-refractivity contribution in [3.63, 3.8) is 0 Å². The summed E-state index contributed by atoms with van der Waals surface area (Å²) in [4.78, 5) is 24.9. The molecule has 0 bridgehead atoms. The first-order chi connectivity index (χ1) is 16.0. The molecular formula is C26H27ClN2O4. The van der Waals surface area contributed by atoms with Crippen molar-refractivity contribution in [3.8, 4) is 11.5 Å². The summed E-state index contributed by atoms with van der Waals surface area (Å²) < 4.78 is 11.2. The summed E-state index contributed by atoms with van der Waals surface area (Å²) in [5.74, 6) is 0.648. The Morgan fingerprint density at radius 3 is 2.18 bits per heavy atom. The number of halogens is 1. The fourth-order valence-corrected chi connectivity index (χ4v) is 3.09. The van der Waals surface area contributed by atoms with Gasteiger partial charge in [0.2, 0.25) is 0 Å². The number of nitrogens with one attached hydrogen (secondary N) is 2. The van der Waals surface area contributed by atoms with Gasteiger partial charge in [-0.05, 0) is 74.0 Å². The van der Waals surface area contributed by atoms with E-state index >= 15 is 0 Å². The van der Waals surface area contributed by atoms with Crippen LogP contribution >= 0.6 is 11.6 Å². The maximum atomic E-state index is 12.5. The van der Waals surface area contributed by atoms with Gasteiger partial charge in [0.05, 0.1) is 11.6 Å². The normalized spacial score (nSPS) is 11.4. The van der Waals surface area contributed by atoms with Gasteiger partial charge in [-0.25, -0.2) is 0 Å². The lowest BCUT2D eigenvalue weighted by Crippen LogP contribution is -2.30. The van der Waals surface area contributed by atoms with Crippen molar-refractivity contribution in [3.05, 3.63) is 83.4 Å². The van der Waals surface area contributed by atoms with Crippen LogP contribution in [0.15, 0.2) is 72.8 Å². The molecule has 0 spiro atoms. The number of ether oxygens (including phenoxy) is 2. The third-order valence-corrected chi connectivity index (χ3v) is 5.12. The second-order valence-electron chi connectivity index (χ2n) is 7.44. The Kier molecular flexibility index (Phi) is 8.72. The molecule has 2 N–H and O–H groups in total. The number of para-hydroxylation sites is 1. The van der Waals surface area contributed by atoms with E-state index in [-0.39, 0.29) is 11.8 Å². The van der Waals surface area contributed by atoms with Gasteiger partial charge in [-0.15, -0.1) is 0 Å². The van der Waals surface area contributed by atoms with E-state index in [1.54, 1.807) is 79.7 Å². The number of carbonyl (C=O) groups excluding carboxylic acids is 2. The first kappa shape index (κ1) is 24.1. The molecule has 0 saturated carbocycles. The standard InChI is InChI=1S/C26H27ClN2O4/c1-3-4-17-32-22-15-9-19(10-16-22)26(31)29-21-13-11-20(12-14-21)28-25(30)18(2)33-24-8-6-5-7-23(24)27/h5-16,18H,3-4,17H2,1-2H3,(H,28,30)(H,29,31). The molecule has 0 heterocycles. The number of hydrogen-bond donors (Lipinski definition) is 2. The summed E-state index contributed by atoms with van der Waals surface area (Å²) >= 11 is 6.07. The molecular weight excluding hydrogens is 440 g/mol. The molecule has 1 unspecified atom stereocenters. The highest BCUT2D eigenvalue weighted by Gasteiger charge is 2.16. The van der Waals surface area contributed by atoms with E-state index in [1.165, 1.54) is 0 Å². The minimum atomic E-state index is -0.738. The molecule has 0 aromatic heterocycles. The fourth-order valence-electron chi connectivity index (χ4n) is 2.91. The van der Waals surface area contributed by atoms with Gasteiger partial charge in [0.1, 0.15) is 11.5 Å². The number of benzene rings is 3. The largest absolute Gasteiger partial charge is 0.494 e. The van der Waals surface area contributed by atoms with E-state index in [0.717, 1.165) is 18.6 Å². The molecule has 7 heteroatoms. The van der Waals surface area contributed by atoms with Gasteiger partial charge < -0.3 is 20.1 Å². The summed E-state index contributed by atoms with van der Waals surface area (Å²) in [5, 5.41) is 6.07. The summed E-state index contributed by atoms with van der Waals surface area (Å²) in [7, 11) is 0. The van der Waals surface area contributed by atoms with Crippen LogP contribution in [-0.4, -0.2) is 24.5 Å². The molecule has 172 valence electrons. The summed E-state index contributed by atoms with van der Waals surface area (Å²) in [6.45, 7) is 4.41. The molecule has 6 nitrogen and oxygen atoms in total. The zero-order valence-electron chi connectivity index (χ0n) is 18.6. The average Bonchev–Trinajstić information content (AvgIpc) is 2.82. The van der Waals surface area contributed by atoms with Crippen molar-refractivity contribution in [2.45, 2.75) is 32.8 Å². The molecule has 3 aromatic rings. The lowest BCUT2D eigenvalue weighted by Gasteiger charge is -2.15. The molecule has 0 radical (unpaired) electrons. The van der Waals surface area contributed by atoms with Gasteiger partial charge in [-0.1, -0.05) is 37.1 Å². The Balaban J connectivity index is 1.51. The Morgan fingerprint density at radius 1 is 0.909 bits per heavy atom. The van der Waals surface area contributed by atoms with Crippen LogP contribution in [0.2, 0.25) is 5.02 Å². The molecule has 0 fully saturated rings. The lowest BCUT2D eigenvalue weighted by molar-refractivity contribution is -0.122. The first-order valence-corrected chi connectivity index (χ1v) is 11.2. The van der Waals surface area contributed by atoms with Gasteiger partial charge in [0, 0.05) is 16.9 Å². The van der Waals surface area contributed by atoms with Crippen LogP contribution in [0, 0.1) is 0 Å². The molecule has 3 aromatic carbocycles. The maximum absolute atomic E-state index is 12.5. The Bertz CT molecular complexity index is 1070. The number of amides is 2. The molecule has 0 saturated heterocycles. The Labute approximate surface area is 198 Å². The number of hydrogen-bond acceptors (Lipinski definition) is 4. The van der Waals surface area contributed by atoms with Crippen molar-refractivity contribution in [2.75, 3.05) is 17.2 Å². The van der Waals surface area contributed by atoms with Gasteiger partial charge in [0.25, 0.3) is 11.8 Å². The first-order valence-electron chi connectivity index (χ1n) is 10.8. The highest BCUT2D eigenvalue weighted by Crippen LogP contribution is 2.24. The highest BCUT2D eigenvalue weighted by atomic mass is 35.5. The third-order valence-electron chi connectivity index (χ3n) is 4.80.